The molecule has 0 saturated carbocycles. The van der Waals surface area contributed by atoms with E-state index in [4.69, 9.17) is 0 Å². The smallest absolute Gasteiger partial charge is 0.259 e. The summed E-state index contributed by atoms with van der Waals surface area (Å²) in [4.78, 5) is 23.8. The summed E-state index contributed by atoms with van der Waals surface area (Å²) in [6.45, 7) is 1.87. The van der Waals surface area contributed by atoms with Crippen molar-refractivity contribution >= 4 is 17.3 Å². The quantitative estimate of drug-likeness (QED) is 0.853. The Morgan fingerprint density at radius 3 is 2.61 bits per heavy atom. The molecule has 6 heteroatoms. The van der Waals surface area contributed by atoms with E-state index in [1.165, 1.54) is 18.7 Å². The molecule has 0 bridgehead atoms. The van der Waals surface area contributed by atoms with Crippen molar-refractivity contribution in [1.29, 1.82) is 0 Å². The summed E-state index contributed by atoms with van der Waals surface area (Å²) in [6, 6.07) is 1.82. The Hall–Kier alpha value is -2.50. The van der Waals surface area contributed by atoms with Gasteiger partial charge in [0, 0.05) is 18.9 Å². The number of rotatable bonds is 3. The highest BCUT2D eigenvalue weighted by atomic mass is 16.1. The summed E-state index contributed by atoms with van der Waals surface area (Å²) in [5, 5.41) is 5.68. The van der Waals surface area contributed by atoms with Gasteiger partial charge in [-0.1, -0.05) is 0 Å². The van der Waals surface area contributed by atoms with E-state index < -0.39 is 0 Å². The zero-order valence-corrected chi connectivity index (χ0v) is 10.1. The van der Waals surface area contributed by atoms with Crippen molar-refractivity contribution in [3.63, 3.8) is 0 Å². The van der Waals surface area contributed by atoms with Crippen LogP contribution in [0.4, 0.5) is 11.4 Å². The van der Waals surface area contributed by atoms with E-state index >= 15 is 0 Å². The third kappa shape index (κ3) is 2.60. The molecule has 0 aliphatic carbocycles. The molecule has 0 radical (unpaired) electrons. The molecule has 0 spiro atoms. The van der Waals surface area contributed by atoms with Gasteiger partial charge >= 0.3 is 0 Å². The van der Waals surface area contributed by atoms with Crippen LogP contribution >= 0.6 is 0 Å². The minimum absolute atomic E-state index is 0.248. The van der Waals surface area contributed by atoms with Gasteiger partial charge in [0.2, 0.25) is 0 Å². The van der Waals surface area contributed by atoms with Gasteiger partial charge in [0.15, 0.2) is 0 Å². The van der Waals surface area contributed by atoms with E-state index in [2.05, 4.69) is 25.6 Å². The minimum atomic E-state index is -0.248. The van der Waals surface area contributed by atoms with Crippen LogP contribution in [0.25, 0.3) is 0 Å². The molecule has 0 fully saturated rings. The van der Waals surface area contributed by atoms with Crippen LogP contribution in [0.2, 0.25) is 0 Å². The Morgan fingerprint density at radius 2 is 1.94 bits per heavy atom. The summed E-state index contributed by atoms with van der Waals surface area (Å²) in [7, 11) is 1.76. The highest BCUT2D eigenvalue weighted by molar-refractivity contribution is 6.07. The van der Waals surface area contributed by atoms with Crippen molar-refractivity contribution in [2.45, 2.75) is 6.92 Å². The van der Waals surface area contributed by atoms with E-state index in [0.29, 0.717) is 11.3 Å². The van der Waals surface area contributed by atoms with Gasteiger partial charge in [0.05, 0.1) is 29.3 Å². The van der Waals surface area contributed by atoms with Crippen LogP contribution in [0.3, 0.4) is 0 Å². The number of anilines is 2. The number of hydrogen-bond donors (Lipinski definition) is 2. The van der Waals surface area contributed by atoms with Crippen LogP contribution < -0.4 is 10.6 Å². The number of nitrogens with zero attached hydrogens (tertiary/aromatic N) is 3. The molecular formula is C12H13N5O. The van der Waals surface area contributed by atoms with Crippen molar-refractivity contribution in [1.82, 2.24) is 15.0 Å². The monoisotopic (exact) mass is 243 g/mol. The normalized spacial score (nSPS) is 9.89. The lowest BCUT2D eigenvalue weighted by atomic mass is 10.2. The van der Waals surface area contributed by atoms with Crippen molar-refractivity contribution in [3.8, 4) is 0 Å². The molecule has 92 valence electrons. The van der Waals surface area contributed by atoms with E-state index in [0.717, 1.165) is 11.4 Å². The topological polar surface area (TPSA) is 79.8 Å². The number of carbonyl (C=O) groups excluding carboxylic acids is 1. The summed E-state index contributed by atoms with van der Waals surface area (Å²) in [5.41, 5.74) is 2.60. The maximum Gasteiger partial charge on any atom is 0.259 e. The lowest BCUT2D eigenvalue weighted by Gasteiger charge is -2.09. The van der Waals surface area contributed by atoms with Gasteiger partial charge in [0.1, 0.15) is 6.33 Å². The zero-order valence-electron chi connectivity index (χ0n) is 10.1. The summed E-state index contributed by atoms with van der Waals surface area (Å²) in [5.74, 6) is -0.248. The number of carbonyl (C=O) groups is 1. The molecule has 0 unspecified atom stereocenters. The second-order valence-corrected chi connectivity index (χ2v) is 3.70. The lowest BCUT2D eigenvalue weighted by Crippen LogP contribution is -2.15. The standard InChI is InChI=1S/C12H13N5O/c1-8-3-11(13-2)10(6-16-8)12(18)17-9-4-14-7-15-5-9/h3-7H,1-2H3,(H,13,16)(H,17,18). The van der Waals surface area contributed by atoms with Gasteiger partial charge in [-0.25, -0.2) is 9.97 Å². The number of amides is 1. The molecule has 0 saturated heterocycles. The SMILES string of the molecule is CNc1cc(C)ncc1C(=O)Nc1cncnc1. The average Bonchev–Trinajstić information content (AvgIpc) is 2.39. The van der Waals surface area contributed by atoms with Gasteiger partial charge in [-0.2, -0.15) is 0 Å². The van der Waals surface area contributed by atoms with Gasteiger partial charge in [0.25, 0.3) is 5.91 Å². The molecule has 2 N–H and O–H groups in total. The van der Waals surface area contributed by atoms with E-state index in [9.17, 15) is 4.79 Å². The van der Waals surface area contributed by atoms with Gasteiger partial charge < -0.3 is 10.6 Å². The second kappa shape index (κ2) is 5.22. The highest BCUT2D eigenvalue weighted by Gasteiger charge is 2.11. The summed E-state index contributed by atoms with van der Waals surface area (Å²) < 4.78 is 0. The Balaban J connectivity index is 2.24. The predicted molar refractivity (Wildman–Crippen MR) is 68.5 cm³/mol. The first-order valence-corrected chi connectivity index (χ1v) is 5.41. The number of aryl methyl sites for hydroxylation is 1. The fraction of sp³-hybridized carbons (Fsp3) is 0.167. The van der Waals surface area contributed by atoms with Crippen molar-refractivity contribution in [2.75, 3.05) is 17.7 Å². The molecule has 2 heterocycles. The molecule has 0 aliphatic heterocycles. The molecule has 2 rings (SSSR count). The van der Waals surface area contributed by atoms with Crippen LogP contribution in [0.1, 0.15) is 16.1 Å². The van der Waals surface area contributed by atoms with Crippen molar-refractivity contribution < 1.29 is 4.79 Å². The number of nitrogens with one attached hydrogen (secondary N) is 2. The molecule has 6 nitrogen and oxygen atoms in total. The summed E-state index contributed by atoms with van der Waals surface area (Å²) >= 11 is 0. The maximum atomic E-state index is 12.1. The fourth-order valence-corrected chi connectivity index (χ4v) is 1.51. The van der Waals surface area contributed by atoms with Crippen LogP contribution in [0.15, 0.2) is 31.0 Å². The molecule has 0 atom stereocenters. The molecule has 1 amide bonds. The predicted octanol–water partition coefficient (Wildman–Crippen LogP) is 1.47. The highest BCUT2D eigenvalue weighted by Crippen LogP contribution is 2.16. The van der Waals surface area contributed by atoms with Crippen molar-refractivity contribution in [3.05, 3.63) is 42.2 Å². The van der Waals surface area contributed by atoms with Crippen LogP contribution in [-0.4, -0.2) is 27.9 Å². The average molecular weight is 243 g/mol. The number of pyridine rings is 1. The van der Waals surface area contributed by atoms with Crippen LogP contribution in [0.5, 0.6) is 0 Å². The molecule has 18 heavy (non-hydrogen) atoms. The van der Waals surface area contributed by atoms with E-state index in [1.54, 1.807) is 13.2 Å². The Morgan fingerprint density at radius 1 is 1.22 bits per heavy atom. The fourth-order valence-electron chi connectivity index (χ4n) is 1.51. The first-order valence-electron chi connectivity index (χ1n) is 5.41. The van der Waals surface area contributed by atoms with Crippen LogP contribution in [0, 0.1) is 6.92 Å². The molecular weight excluding hydrogens is 230 g/mol. The molecule has 0 aliphatic rings. The summed E-state index contributed by atoms with van der Waals surface area (Å²) in [6.07, 6.45) is 6.01. The van der Waals surface area contributed by atoms with Crippen LogP contribution in [-0.2, 0) is 0 Å². The van der Waals surface area contributed by atoms with Gasteiger partial charge in [-0.05, 0) is 13.0 Å². The molecule has 0 aromatic carbocycles. The third-order valence-electron chi connectivity index (χ3n) is 2.37. The Bertz CT molecular complexity index is 556. The first-order chi connectivity index (χ1) is 8.70. The Kier molecular flexibility index (Phi) is 3.47. The van der Waals surface area contributed by atoms with Gasteiger partial charge in [-0.15, -0.1) is 0 Å². The van der Waals surface area contributed by atoms with Gasteiger partial charge in [-0.3, -0.25) is 9.78 Å². The first kappa shape index (κ1) is 12.0. The number of hydrogen-bond acceptors (Lipinski definition) is 5. The third-order valence-corrected chi connectivity index (χ3v) is 2.37. The van der Waals surface area contributed by atoms with E-state index in [1.807, 2.05) is 13.0 Å². The minimum Gasteiger partial charge on any atom is -0.387 e. The lowest BCUT2D eigenvalue weighted by molar-refractivity contribution is 0.102. The largest absolute Gasteiger partial charge is 0.387 e. The number of aromatic nitrogens is 3. The maximum absolute atomic E-state index is 12.1. The molecule has 2 aromatic rings. The molecule has 2 aromatic heterocycles. The van der Waals surface area contributed by atoms with E-state index in [-0.39, 0.29) is 5.91 Å². The Labute approximate surface area is 105 Å². The van der Waals surface area contributed by atoms with Crippen molar-refractivity contribution in [2.24, 2.45) is 0 Å². The second-order valence-electron chi connectivity index (χ2n) is 3.70. The zero-order chi connectivity index (χ0) is 13.0.